The molecule has 0 amide bonds. The number of anilines is 1. The van der Waals surface area contributed by atoms with Gasteiger partial charge in [0.25, 0.3) is 0 Å². The third kappa shape index (κ3) is 5.05. The maximum atomic E-state index is 12.1. The van der Waals surface area contributed by atoms with Crippen molar-refractivity contribution in [2.24, 2.45) is 5.92 Å². The Bertz CT molecular complexity index is 765. The van der Waals surface area contributed by atoms with Crippen molar-refractivity contribution in [1.82, 2.24) is 9.71 Å². The van der Waals surface area contributed by atoms with Gasteiger partial charge in [-0.2, -0.15) is 0 Å². The van der Waals surface area contributed by atoms with Crippen molar-refractivity contribution in [1.29, 1.82) is 0 Å². The summed E-state index contributed by atoms with van der Waals surface area (Å²) in [5, 5.41) is 0. The highest BCUT2D eigenvalue weighted by molar-refractivity contribution is 7.83. The van der Waals surface area contributed by atoms with Crippen LogP contribution >= 0.6 is 0 Å². The molecule has 2 aromatic rings. The Kier molecular flexibility index (Phi) is 7.60. The summed E-state index contributed by atoms with van der Waals surface area (Å²) in [7, 11) is 0.258. The molecule has 0 bridgehead atoms. The van der Waals surface area contributed by atoms with Crippen molar-refractivity contribution >= 4 is 16.8 Å². The number of hydrogen-bond donors (Lipinski definition) is 2. The molecule has 2 rings (SSSR count). The molecule has 0 spiro atoms. The molecule has 0 saturated heterocycles. The first-order chi connectivity index (χ1) is 12.5. The van der Waals surface area contributed by atoms with E-state index >= 15 is 0 Å². The van der Waals surface area contributed by atoms with Crippen LogP contribution in [0.3, 0.4) is 0 Å². The number of nitrogen functional groups attached to an aromatic ring is 1. The second-order valence-corrected chi connectivity index (χ2v) is 7.79. The topological polar surface area (TPSA) is 77.2 Å². The van der Waals surface area contributed by atoms with Gasteiger partial charge in [-0.3, -0.25) is 0 Å². The van der Waals surface area contributed by atoms with Crippen LogP contribution in [-0.2, 0) is 17.4 Å². The van der Waals surface area contributed by atoms with Gasteiger partial charge in [0.05, 0.1) is 11.5 Å². The van der Waals surface area contributed by atoms with Crippen LogP contribution in [0.2, 0.25) is 0 Å². The predicted molar refractivity (Wildman–Crippen MR) is 108 cm³/mol. The van der Waals surface area contributed by atoms with Gasteiger partial charge in [-0.05, 0) is 55.1 Å². The number of ether oxygens (including phenoxy) is 1. The largest absolute Gasteiger partial charge is 0.493 e. The van der Waals surface area contributed by atoms with E-state index in [9.17, 15) is 4.21 Å². The molecule has 2 unspecified atom stereocenters. The molecular weight excluding hydrogens is 346 g/mol. The van der Waals surface area contributed by atoms with Crippen LogP contribution in [0, 0.1) is 5.92 Å². The van der Waals surface area contributed by atoms with Gasteiger partial charge in [0.1, 0.15) is 22.6 Å². The van der Waals surface area contributed by atoms with Gasteiger partial charge in [-0.15, -0.1) is 0 Å². The maximum absolute atomic E-state index is 12.1. The molecule has 0 aliphatic heterocycles. The summed E-state index contributed by atoms with van der Waals surface area (Å²) in [4.78, 5) is 4.69. The third-order valence-electron chi connectivity index (χ3n) is 4.61. The summed E-state index contributed by atoms with van der Waals surface area (Å²) in [5.41, 5.74) is 8.90. The van der Waals surface area contributed by atoms with Gasteiger partial charge in [0, 0.05) is 11.8 Å². The van der Waals surface area contributed by atoms with Crippen LogP contribution in [-0.4, -0.2) is 22.8 Å². The first kappa shape index (κ1) is 20.4. The smallest absolute Gasteiger partial charge is 0.141 e. The molecule has 1 heterocycles. The average Bonchev–Trinajstić information content (AvgIpc) is 2.67. The van der Waals surface area contributed by atoms with E-state index in [0.717, 1.165) is 41.9 Å². The zero-order chi connectivity index (χ0) is 19.1. The molecule has 0 radical (unpaired) electrons. The van der Waals surface area contributed by atoms with Crippen molar-refractivity contribution in [3.05, 3.63) is 36.0 Å². The normalized spacial score (nSPS) is 13.4. The minimum absolute atomic E-state index is 0.280. The number of hydrogen-bond acceptors (Lipinski definition) is 4. The summed E-state index contributed by atoms with van der Waals surface area (Å²) in [5.74, 6) is 1.88. The van der Waals surface area contributed by atoms with Crippen LogP contribution in [0.4, 0.5) is 5.82 Å². The Morgan fingerprint density at radius 3 is 2.69 bits per heavy atom. The summed E-state index contributed by atoms with van der Waals surface area (Å²) in [6.45, 7) is 7.29. The Hall–Kier alpha value is -1.92. The number of pyridine rings is 1. The summed E-state index contributed by atoms with van der Waals surface area (Å²) in [6.07, 6.45) is 4.82. The molecule has 26 heavy (non-hydrogen) atoms. The monoisotopic (exact) mass is 375 g/mol. The van der Waals surface area contributed by atoms with Crippen LogP contribution in [0.5, 0.6) is 5.75 Å². The third-order valence-corrected chi connectivity index (χ3v) is 5.70. The number of aromatic nitrogens is 1. The lowest BCUT2D eigenvalue weighted by Crippen LogP contribution is -2.13. The van der Waals surface area contributed by atoms with Gasteiger partial charge < -0.3 is 10.5 Å². The number of benzene rings is 1. The van der Waals surface area contributed by atoms with E-state index in [-0.39, 0.29) is 5.82 Å². The molecule has 142 valence electrons. The second kappa shape index (κ2) is 9.69. The number of nitrogens with one attached hydrogen (secondary N) is 1. The summed E-state index contributed by atoms with van der Waals surface area (Å²) >= 11 is 0. The van der Waals surface area contributed by atoms with E-state index in [2.05, 4.69) is 36.5 Å². The highest BCUT2D eigenvalue weighted by Crippen LogP contribution is 2.29. The molecule has 6 heteroatoms. The van der Waals surface area contributed by atoms with Crippen molar-refractivity contribution in [2.45, 2.75) is 44.9 Å². The van der Waals surface area contributed by atoms with Gasteiger partial charge in [-0.25, -0.2) is 13.9 Å². The number of aryl methyl sites for hydroxylation is 1. The lowest BCUT2D eigenvalue weighted by Gasteiger charge is -2.14. The summed E-state index contributed by atoms with van der Waals surface area (Å²) in [6, 6.07) is 7.96. The van der Waals surface area contributed by atoms with Crippen molar-refractivity contribution in [3.8, 4) is 16.9 Å². The Balaban J connectivity index is 2.25. The Labute approximate surface area is 159 Å². The van der Waals surface area contributed by atoms with Crippen LogP contribution in [0.1, 0.15) is 39.2 Å². The highest BCUT2D eigenvalue weighted by Gasteiger charge is 2.12. The van der Waals surface area contributed by atoms with Gasteiger partial charge >= 0.3 is 0 Å². The Morgan fingerprint density at radius 2 is 2.04 bits per heavy atom. The van der Waals surface area contributed by atoms with E-state index < -0.39 is 11.0 Å². The number of rotatable bonds is 9. The zero-order valence-corrected chi connectivity index (χ0v) is 16.9. The fourth-order valence-electron chi connectivity index (χ4n) is 2.62. The highest BCUT2D eigenvalue weighted by atomic mass is 32.2. The van der Waals surface area contributed by atoms with Crippen molar-refractivity contribution < 1.29 is 8.95 Å². The molecule has 0 fully saturated rings. The molecule has 2 atom stereocenters. The average molecular weight is 376 g/mol. The maximum Gasteiger partial charge on any atom is 0.141 e. The molecule has 3 N–H and O–H groups in total. The molecule has 5 nitrogen and oxygen atoms in total. The fourth-order valence-corrected chi connectivity index (χ4v) is 3.32. The Morgan fingerprint density at radius 1 is 1.27 bits per heavy atom. The van der Waals surface area contributed by atoms with Crippen LogP contribution in [0.25, 0.3) is 11.1 Å². The predicted octanol–water partition coefficient (Wildman–Crippen LogP) is 3.95. The first-order valence-corrected chi connectivity index (χ1v) is 10.3. The van der Waals surface area contributed by atoms with Gasteiger partial charge in [-0.1, -0.05) is 33.3 Å². The standard InChI is InChI=1S/C20H29N3O2S/c1-5-14(3)9-10-25-18-8-7-16(11-15(18)6-2)17-12-19(26(24)22-4)20(21)23-13-17/h7-8,11-14,22H,5-6,9-10H2,1-4H3,(H2,21,23). The SMILES string of the molecule is CCc1cc(-c2cnc(N)c(S(=O)NC)c2)ccc1OCCC(C)CC. The van der Waals surface area contributed by atoms with E-state index in [0.29, 0.717) is 10.8 Å². The van der Waals surface area contributed by atoms with E-state index in [1.54, 1.807) is 13.2 Å². The molecule has 1 aromatic heterocycles. The van der Waals surface area contributed by atoms with E-state index in [1.165, 1.54) is 6.42 Å². The lowest BCUT2D eigenvalue weighted by atomic mass is 10.0. The van der Waals surface area contributed by atoms with Crippen molar-refractivity contribution in [2.75, 3.05) is 19.4 Å². The minimum Gasteiger partial charge on any atom is -0.493 e. The molecule has 0 aliphatic carbocycles. The van der Waals surface area contributed by atoms with E-state index in [1.807, 2.05) is 18.2 Å². The lowest BCUT2D eigenvalue weighted by molar-refractivity contribution is 0.279. The number of nitrogens with zero attached hydrogens (tertiary/aromatic N) is 1. The number of nitrogens with two attached hydrogens (primary N) is 1. The molecule has 0 saturated carbocycles. The molecular formula is C20H29N3O2S. The van der Waals surface area contributed by atoms with Crippen LogP contribution < -0.4 is 15.2 Å². The van der Waals surface area contributed by atoms with Crippen LogP contribution in [0.15, 0.2) is 35.4 Å². The fraction of sp³-hybridized carbons (Fsp3) is 0.450. The van der Waals surface area contributed by atoms with Gasteiger partial charge in [0.2, 0.25) is 0 Å². The van der Waals surface area contributed by atoms with Gasteiger partial charge in [0.15, 0.2) is 0 Å². The second-order valence-electron chi connectivity index (χ2n) is 6.41. The molecule has 1 aromatic carbocycles. The first-order valence-electron chi connectivity index (χ1n) is 9.10. The minimum atomic E-state index is -1.37. The quantitative estimate of drug-likeness (QED) is 0.696. The van der Waals surface area contributed by atoms with Crippen molar-refractivity contribution in [3.63, 3.8) is 0 Å². The summed E-state index contributed by atoms with van der Waals surface area (Å²) < 4.78 is 20.8. The van der Waals surface area contributed by atoms with E-state index in [4.69, 9.17) is 10.5 Å². The molecule has 0 aliphatic rings. The zero-order valence-electron chi connectivity index (χ0n) is 16.0.